The summed E-state index contributed by atoms with van der Waals surface area (Å²) in [6, 6.07) is 6.11. The van der Waals surface area contributed by atoms with Crippen molar-refractivity contribution >= 4 is 25.1 Å². The normalized spacial score (nSPS) is 11.9. The smallest absolute Gasteiger partial charge is 0.317 e. The van der Waals surface area contributed by atoms with E-state index in [1.165, 1.54) is 0 Å². The Hall–Kier alpha value is -0.590. The van der Waals surface area contributed by atoms with Gasteiger partial charge in [-0.15, -0.1) is 0 Å². The summed E-state index contributed by atoms with van der Waals surface area (Å²) in [5.41, 5.74) is 0.984. The van der Waals surface area contributed by atoms with Crippen molar-refractivity contribution in [1.82, 2.24) is 5.32 Å². The number of rotatable bonds is 11. The van der Waals surface area contributed by atoms with Crippen LogP contribution in [0.4, 0.5) is 0 Å². The first kappa shape index (κ1) is 20.5. The predicted molar refractivity (Wildman–Crippen MR) is 91.4 cm³/mol. The summed E-state index contributed by atoms with van der Waals surface area (Å²) in [5, 5.41) is 3.62. The number of carbonyl (C=O) groups excluding carboxylic acids is 1. The Labute approximate surface area is 142 Å². The number of hydrogen-bond acceptors (Lipinski definition) is 6. The molecule has 0 aliphatic carbocycles. The minimum Gasteiger partial charge on any atom is -0.317 e. The molecule has 0 heterocycles. The molecule has 0 saturated heterocycles. The van der Waals surface area contributed by atoms with Crippen LogP contribution in [0.15, 0.2) is 24.3 Å². The second kappa shape index (κ2) is 10.3. The fourth-order valence-electron chi connectivity index (χ4n) is 1.91. The van der Waals surface area contributed by atoms with Crippen LogP contribution in [0.3, 0.4) is 0 Å². The van der Waals surface area contributed by atoms with E-state index in [2.05, 4.69) is 5.32 Å². The molecule has 0 aliphatic rings. The van der Waals surface area contributed by atoms with Crippen molar-refractivity contribution < 1.29 is 24.1 Å². The number of benzene rings is 1. The third-order valence-electron chi connectivity index (χ3n) is 2.93. The Kier molecular flexibility index (Phi) is 9.17. The molecule has 0 saturated carbocycles. The van der Waals surface area contributed by atoms with Crippen LogP contribution in [-0.2, 0) is 20.8 Å². The first-order chi connectivity index (χ1) is 10.9. The first-order valence-corrected chi connectivity index (χ1v) is 9.75. The molecule has 0 amide bonds. The van der Waals surface area contributed by atoms with Crippen LogP contribution in [0, 0.1) is 0 Å². The third kappa shape index (κ3) is 7.68. The maximum absolute atomic E-state index is 11.9. The molecule has 130 valence electrons. The summed E-state index contributed by atoms with van der Waals surface area (Å²) in [7, 11) is -3.61. The highest BCUT2D eigenvalue weighted by Gasteiger charge is 2.48. The van der Waals surface area contributed by atoms with Gasteiger partial charge in [-0.3, -0.25) is 4.79 Å². The van der Waals surface area contributed by atoms with Crippen molar-refractivity contribution in [3.8, 4) is 0 Å². The summed E-state index contributed by atoms with van der Waals surface area (Å²) in [6.45, 7) is 4.53. The lowest BCUT2D eigenvalue weighted by Crippen LogP contribution is -2.30. The summed E-state index contributed by atoms with van der Waals surface area (Å²) in [5.74, 6) is -0.304. The van der Waals surface area contributed by atoms with Crippen LogP contribution in [0.25, 0.3) is 0 Å². The fraction of sp³-hybridized carbons (Fsp3) is 0.533. The van der Waals surface area contributed by atoms with E-state index in [0.29, 0.717) is 11.6 Å². The van der Waals surface area contributed by atoms with Gasteiger partial charge < -0.3 is 14.8 Å². The Morgan fingerprint density at radius 2 is 1.78 bits per heavy atom. The highest BCUT2D eigenvalue weighted by Crippen LogP contribution is 2.55. The molecule has 1 aromatic carbocycles. The SMILES string of the molecule is CCOC(OCC)[P+](O)(O)CC(=O)CNCc1ccc(Cl)cc1. The average molecular weight is 365 g/mol. The van der Waals surface area contributed by atoms with E-state index in [9.17, 15) is 14.6 Å². The summed E-state index contributed by atoms with van der Waals surface area (Å²) < 4.78 is 10.4. The topological polar surface area (TPSA) is 88.0 Å². The molecule has 0 radical (unpaired) electrons. The first-order valence-electron chi connectivity index (χ1n) is 7.42. The highest BCUT2D eigenvalue weighted by molar-refractivity contribution is 7.65. The van der Waals surface area contributed by atoms with E-state index in [-0.39, 0.29) is 31.7 Å². The van der Waals surface area contributed by atoms with E-state index in [4.69, 9.17) is 21.1 Å². The van der Waals surface area contributed by atoms with Crippen molar-refractivity contribution in [2.24, 2.45) is 0 Å². The number of carbonyl (C=O) groups is 1. The Bertz CT molecular complexity index is 477. The maximum atomic E-state index is 11.9. The van der Waals surface area contributed by atoms with Gasteiger partial charge in [0.1, 0.15) is 0 Å². The molecule has 0 spiro atoms. The highest BCUT2D eigenvalue weighted by atomic mass is 35.5. The lowest BCUT2D eigenvalue weighted by atomic mass is 10.2. The zero-order valence-electron chi connectivity index (χ0n) is 13.4. The standard InChI is InChI=1S/C15H24ClNO5P/c1-3-21-15(22-4-2)23(19,20)11-14(18)10-17-9-12-5-7-13(16)8-6-12/h5-8,15,17,19-20H,3-4,9-11H2,1-2H3/q+1. The number of Topliss-reactive ketones (excluding diaryl/α,β-unsaturated/α-hetero) is 1. The number of ether oxygens (including phenoxy) is 2. The molecule has 0 bridgehead atoms. The van der Waals surface area contributed by atoms with Crippen molar-refractivity contribution in [3.05, 3.63) is 34.9 Å². The van der Waals surface area contributed by atoms with Gasteiger partial charge in [-0.05, 0) is 31.5 Å². The zero-order chi connectivity index (χ0) is 17.3. The van der Waals surface area contributed by atoms with Gasteiger partial charge in [0.2, 0.25) is 0 Å². The molecule has 6 nitrogen and oxygen atoms in total. The van der Waals surface area contributed by atoms with Gasteiger partial charge in [-0.2, -0.15) is 0 Å². The molecule has 0 aliphatic heterocycles. The average Bonchev–Trinajstić information content (AvgIpc) is 2.48. The van der Waals surface area contributed by atoms with Gasteiger partial charge in [-0.25, -0.2) is 9.79 Å². The molecule has 0 unspecified atom stereocenters. The molecule has 8 heteroatoms. The van der Waals surface area contributed by atoms with Crippen LogP contribution >= 0.6 is 19.3 Å². The van der Waals surface area contributed by atoms with Gasteiger partial charge in [0.05, 0.1) is 19.8 Å². The molecule has 23 heavy (non-hydrogen) atoms. The number of hydrogen-bond donors (Lipinski definition) is 3. The lowest BCUT2D eigenvalue weighted by Gasteiger charge is -2.21. The predicted octanol–water partition coefficient (Wildman–Crippen LogP) is 2.19. The van der Waals surface area contributed by atoms with Crippen LogP contribution in [0.2, 0.25) is 5.02 Å². The fourth-order valence-corrected chi connectivity index (χ4v) is 3.59. The van der Waals surface area contributed by atoms with E-state index >= 15 is 0 Å². The van der Waals surface area contributed by atoms with E-state index < -0.39 is 13.7 Å². The van der Waals surface area contributed by atoms with Crippen LogP contribution in [0.5, 0.6) is 0 Å². The van der Waals surface area contributed by atoms with Crippen molar-refractivity contribution in [2.45, 2.75) is 26.4 Å². The Morgan fingerprint density at radius 3 is 2.30 bits per heavy atom. The molecule has 3 N–H and O–H groups in total. The molecule has 0 aromatic heterocycles. The largest absolute Gasteiger partial charge is 0.334 e. The van der Waals surface area contributed by atoms with Gasteiger partial charge in [0, 0.05) is 11.6 Å². The van der Waals surface area contributed by atoms with Gasteiger partial charge in [0.25, 0.3) is 0 Å². The maximum Gasteiger partial charge on any atom is 0.334 e. The minimum absolute atomic E-state index is 0.0382. The Morgan fingerprint density at radius 1 is 1.22 bits per heavy atom. The van der Waals surface area contributed by atoms with E-state index in [0.717, 1.165) is 5.56 Å². The second-order valence-electron chi connectivity index (χ2n) is 4.93. The molecule has 0 fully saturated rings. The Balaban J connectivity index is 2.43. The van der Waals surface area contributed by atoms with Crippen molar-refractivity contribution in [1.29, 1.82) is 0 Å². The molecule has 1 aromatic rings. The van der Waals surface area contributed by atoms with Crippen LogP contribution in [0.1, 0.15) is 19.4 Å². The zero-order valence-corrected chi connectivity index (χ0v) is 15.0. The van der Waals surface area contributed by atoms with Gasteiger partial charge >= 0.3 is 13.7 Å². The van der Waals surface area contributed by atoms with Crippen LogP contribution < -0.4 is 5.32 Å². The van der Waals surface area contributed by atoms with Crippen molar-refractivity contribution in [3.63, 3.8) is 0 Å². The summed E-state index contributed by atoms with van der Waals surface area (Å²) in [6.07, 6.45) is -0.370. The lowest BCUT2D eigenvalue weighted by molar-refractivity contribution is -0.117. The van der Waals surface area contributed by atoms with Gasteiger partial charge in [0.15, 0.2) is 11.9 Å². The van der Waals surface area contributed by atoms with E-state index in [1.54, 1.807) is 26.0 Å². The van der Waals surface area contributed by atoms with E-state index in [1.807, 2.05) is 12.1 Å². The summed E-state index contributed by atoms with van der Waals surface area (Å²) in [4.78, 5) is 32.1. The summed E-state index contributed by atoms with van der Waals surface area (Å²) >= 11 is 5.80. The molecular formula is C15H24ClNO5P+. The molecule has 0 atom stereocenters. The monoisotopic (exact) mass is 364 g/mol. The molecule has 1 rings (SSSR count). The van der Waals surface area contributed by atoms with Crippen LogP contribution in [-0.4, -0.2) is 47.5 Å². The third-order valence-corrected chi connectivity index (χ3v) is 4.97. The number of halogens is 1. The molecular weight excluding hydrogens is 341 g/mol. The number of ketones is 1. The minimum atomic E-state index is -3.61. The van der Waals surface area contributed by atoms with Crippen molar-refractivity contribution in [2.75, 3.05) is 25.9 Å². The van der Waals surface area contributed by atoms with Gasteiger partial charge in [-0.1, -0.05) is 23.7 Å². The second-order valence-corrected chi connectivity index (χ2v) is 7.68. The number of nitrogens with one attached hydrogen (secondary N) is 1. The quantitative estimate of drug-likeness (QED) is 0.412.